The van der Waals surface area contributed by atoms with E-state index in [0.717, 1.165) is 17.7 Å². The van der Waals surface area contributed by atoms with Gasteiger partial charge < -0.3 is 0 Å². The largest absolute Gasteiger partial charge is 0.294 e. The minimum absolute atomic E-state index is 0.362. The fourth-order valence-electron chi connectivity index (χ4n) is 1.49. The summed E-state index contributed by atoms with van der Waals surface area (Å²) in [5, 5.41) is 0.599. The van der Waals surface area contributed by atoms with Crippen LogP contribution in [0.5, 0.6) is 0 Å². The number of aryl methyl sites for hydroxylation is 1. The molecule has 0 atom stereocenters. The summed E-state index contributed by atoms with van der Waals surface area (Å²) < 4.78 is 1.73. The zero-order valence-corrected chi connectivity index (χ0v) is 8.90. The first-order chi connectivity index (χ1) is 7.24. The molecule has 0 spiro atoms. The molecule has 0 amide bonds. The summed E-state index contributed by atoms with van der Waals surface area (Å²) in [5.41, 5.74) is 1.65. The lowest BCUT2D eigenvalue weighted by Gasteiger charge is -2.08. The molecule has 0 aliphatic rings. The van der Waals surface area contributed by atoms with Gasteiger partial charge in [-0.2, -0.15) is 0 Å². The monoisotopic (exact) mass is 220 g/mol. The second-order valence-electron chi connectivity index (χ2n) is 3.16. The Hall–Kier alpha value is -1.61. The molecular formula is C11H9ClN2O. The zero-order valence-electron chi connectivity index (χ0n) is 8.14. The normalized spacial score (nSPS) is 10.3. The van der Waals surface area contributed by atoms with Crippen LogP contribution in [0.3, 0.4) is 0 Å². The first-order valence-corrected chi connectivity index (χ1v) is 4.86. The van der Waals surface area contributed by atoms with Gasteiger partial charge in [-0.15, -0.1) is 0 Å². The molecule has 2 aromatic rings. The van der Waals surface area contributed by atoms with Gasteiger partial charge in [-0.05, 0) is 19.1 Å². The van der Waals surface area contributed by atoms with E-state index in [0.29, 0.717) is 10.8 Å². The number of imidazole rings is 1. The molecule has 2 rings (SSSR count). The number of hydrogen-bond acceptors (Lipinski definition) is 2. The lowest BCUT2D eigenvalue weighted by atomic mass is 10.3. The highest BCUT2D eigenvalue weighted by Gasteiger charge is 2.10. The molecule has 1 aromatic heterocycles. The van der Waals surface area contributed by atoms with Gasteiger partial charge in [0.15, 0.2) is 12.1 Å². The van der Waals surface area contributed by atoms with Gasteiger partial charge in [0.2, 0.25) is 0 Å². The molecule has 0 bridgehead atoms. The van der Waals surface area contributed by atoms with Crippen molar-refractivity contribution in [1.82, 2.24) is 9.55 Å². The van der Waals surface area contributed by atoms with E-state index in [1.165, 1.54) is 0 Å². The third-order valence-corrected chi connectivity index (χ3v) is 2.48. The van der Waals surface area contributed by atoms with Crippen LogP contribution in [0.4, 0.5) is 0 Å². The number of hydrogen-bond donors (Lipinski definition) is 0. The molecule has 0 unspecified atom stereocenters. The molecular weight excluding hydrogens is 212 g/mol. The van der Waals surface area contributed by atoms with Crippen molar-refractivity contribution >= 4 is 17.9 Å². The van der Waals surface area contributed by atoms with Crippen LogP contribution in [0.1, 0.15) is 16.3 Å². The highest BCUT2D eigenvalue weighted by Crippen LogP contribution is 2.22. The van der Waals surface area contributed by atoms with Crippen LogP contribution >= 0.6 is 11.6 Å². The van der Waals surface area contributed by atoms with Crippen LogP contribution in [-0.2, 0) is 0 Å². The predicted octanol–water partition coefficient (Wildman–Crippen LogP) is 2.65. The van der Waals surface area contributed by atoms with Crippen LogP contribution in [0.2, 0.25) is 5.02 Å². The minimum Gasteiger partial charge on any atom is -0.294 e. The summed E-state index contributed by atoms with van der Waals surface area (Å²) in [6, 6.07) is 7.35. The third-order valence-electron chi connectivity index (χ3n) is 2.16. The van der Waals surface area contributed by atoms with Gasteiger partial charge in [0.25, 0.3) is 0 Å². The van der Waals surface area contributed by atoms with Crippen molar-refractivity contribution < 1.29 is 4.79 Å². The molecule has 0 aliphatic carbocycles. The lowest BCUT2D eigenvalue weighted by molar-refractivity contribution is 0.111. The van der Waals surface area contributed by atoms with E-state index < -0.39 is 0 Å². The van der Waals surface area contributed by atoms with Gasteiger partial charge in [-0.3, -0.25) is 9.36 Å². The average molecular weight is 221 g/mol. The predicted molar refractivity (Wildman–Crippen MR) is 58.7 cm³/mol. The van der Waals surface area contributed by atoms with E-state index in [1.807, 2.05) is 25.1 Å². The van der Waals surface area contributed by atoms with Crippen molar-refractivity contribution in [1.29, 1.82) is 0 Å². The van der Waals surface area contributed by atoms with Crippen molar-refractivity contribution in [2.24, 2.45) is 0 Å². The minimum atomic E-state index is 0.362. The molecule has 4 heteroatoms. The number of halogens is 1. The Kier molecular flexibility index (Phi) is 2.56. The quantitative estimate of drug-likeness (QED) is 0.730. The number of rotatable bonds is 2. The number of nitrogens with zero attached hydrogens (tertiary/aromatic N) is 2. The summed E-state index contributed by atoms with van der Waals surface area (Å²) in [6.07, 6.45) is 2.36. The molecule has 1 heterocycles. The first kappa shape index (κ1) is 9.93. The molecule has 0 saturated carbocycles. The van der Waals surface area contributed by atoms with Crippen LogP contribution in [0.25, 0.3) is 5.69 Å². The van der Waals surface area contributed by atoms with E-state index in [1.54, 1.807) is 16.8 Å². The van der Waals surface area contributed by atoms with Crippen molar-refractivity contribution in [2.75, 3.05) is 0 Å². The Labute approximate surface area is 92.3 Å². The second kappa shape index (κ2) is 3.87. The highest BCUT2D eigenvalue weighted by molar-refractivity contribution is 6.32. The maximum absolute atomic E-state index is 10.8. The number of para-hydroxylation sites is 1. The van der Waals surface area contributed by atoms with Crippen LogP contribution in [-0.4, -0.2) is 15.8 Å². The van der Waals surface area contributed by atoms with Gasteiger partial charge in [0.1, 0.15) is 0 Å². The summed E-state index contributed by atoms with van der Waals surface area (Å²) in [5.74, 6) is 0.362. The van der Waals surface area contributed by atoms with Gasteiger partial charge in [0, 0.05) is 11.9 Å². The Morgan fingerprint density at radius 2 is 2.13 bits per heavy atom. The molecule has 15 heavy (non-hydrogen) atoms. The van der Waals surface area contributed by atoms with Crippen molar-refractivity contribution in [2.45, 2.75) is 6.92 Å². The van der Waals surface area contributed by atoms with E-state index in [-0.39, 0.29) is 0 Å². The zero-order chi connectivity index (χ0) is 10.8. The van der Waals surface area contributed by atoms with Crippen molar-refractivity contribution in [3.63, 3.8) is 0 Å². The Bertz CT molecular complexity index is 505. The summed E-state index contributed by atoms with van der Waals surface area (Å²) in [6.45, 7) is 1.88. The second-order valence-corrected chi connectivity index (χ2v) is 3.57. The van der Waals surface area contributed by atoms with E-state index in [9.17, 15) is 4.79 Å². The highest BCUT2D eigenvalue weighted by atomic mass is 35.5. The van der Waals surface area contributed by atoms with Crippen molar-refractivity contribution in [3.05, 3.63) is 47.0 Å². The van der Waals surface area contributed by atoms with E-state index in [2.05, 4.69) is 4.98 Å². The molecule has 1 aromatic carbocycles. The number of aldehydes is 1. The number of benzene rings is 1. The molecule has 0 saturated heterocycles. The van der Waals surface area contributed by atoms with Crippen LogP contribution in [0.15, 0.2) is 30.5 Å². The molecule has 0 aliphatic heterocycles. The van der Waals surface area contributed by atoms with E-state index >= 15 is 0 Å². The van der Waals surface area contributed by atoms with Crippen LogP contribution < -0.4 is 0 Å². The first-order valence-electron chi connectivity index (χ1n) is 4.48. The topological polar surface area (TPSA) is 34.9 Å². The number of carbonyl (C=O) groups excluding carboxylic acids is 1. The summed E-state index contributed by atoms with van der Waals surface area (Å²) in [7, 11) is 0. The van der Waals surface area contributed by atoms with E-state index in [4.69, 9.17) is 11.6 Å². The smallest absolute Gasteiger partial charge is 0.185 e. The lowest BCUT2D eigenvalue weighted by Crippen LogP contribution is -2.02. The Morgan fingerprint density at radius 3 is 2.80 bits per heavy atom. The third kappa shape index (κ3) is 1.66. The number of aromatic nitrogens is 2. The summed E-state index contributed by atoms with van der Waals surface area (Å²) >= 11 is 6.05. The molecule has 0 fully saturated rings. The fraction of sp³-hybridized carbons (Fsp3) is 0.0909. The molecule has 3 nitrogen and oxygen atoms in total. The van der Waals surface area contributed by atoms with Crippen molar-refractivity contribution in [3.8, 4) is 5.69 Å². The summed E-state index contributed by atoms with van der Waals surface area (Å²) in [4.78, 5) is 14.8. The van der Waals surface area contributed by atoms with Gasteiger partial charge >= 0.3 is 0 Å². The molecule has 76 valence electrons. The average Bonchev–Trinajstić information content (AvgIpc) is 2.60. The van der Waals surface area contributed by atoms with Gasteiger partial charge in [0.05, 0.1) is 10.7 Å². The maximum atomic E-state index is 10.8. The number of carbonyl (C=O) groups is 1. The SMILES string of the molecule is Cc1cnc(C=O)n1-c1ccccc1Cl. The molecule has 0 N–H and O–H groups in total. The molecule has 0 radical (unpaired) electrons. The Balaban J connectivity index is 2.68. The van der Waals surface area contributed by atoms with Gasteiger partial charge in [-0.1, -0.05) is 23.7 Å². The van der Waals surface area contributed by atoms with Gasteiger partial charge in [-0.25, -0.2) is 4.98 Å². The fourth-order valence-corrected chi connectivity index (χ4v) is 1.71. The van der Waals surface area contributed by atoms with Crippen LogP contribution in [0, 0.1) is 6.92 Å². The maximum Gasteiger partial charge on any atom is 0.185 e. The standard InChI is InChI=1S/C11H9ClN2O/c1-8-6-13-11(7-15)14(8)10-5-3-2-4-9(10)12/h2-7H,1H3. The Morgan fingerprint density at radius 1 is 1.40 bits per heavy atom.